The Hall–Kier alpha value is -2.47. The lowest BCUT2D eigenvalue weighted by atomic mass is 9.94. The van der Waals surface area contributed by atoms with Crippen LogP contribution >= 0.6 is 0 Å². The number of aromatic amines is 1. The molecule has 23 heavy (non-hydrogen) atoms. The molecule has 118 valence electrons. The van der Waals surface area contributed by atoms with Crippen LogP contribution in [0.4, 0.5) is 0 Å². The van der Waals surface area contributed by atoms with E-state index >= 15 is 0 Å². The van der Waals surface area contributed by atoms with Gasteiger partial charge in [-0.15, -0.1) is 0 Å². The van der Waals surface area contributed by atoms with Gasteiger partial charge in [0.2, 0.25) is 0 Å². The molecule has 1 fully saturated rings. The van der Waals surface area contributed by atoms with Gasteiger partial charge in [-0.2, -0.15) is 5.10 Å². The molecule has 2 aromatic heterocycles. The van der Waals surface area contributed by atoms with Gasteiger partial charge >= 0.3 is 0 Å². The topological polar surface area (TPSA) is 75.6 Å². The highest BCUT2D eigenvalue weighted by Crippen LogP contribution is 2.27. The molecular formula is C17H19N5O. The maximum atomic E-state index is 12.1. The van der Waals surface area contributed by atoms with Crippen molar-refractivity contribution in [2.45, 2.75) is 18.8 Å². The number of fused-ring (bicyclic) bond motifs is 1. The van der Waals surface area contributed by atoms with Crippen molar-refractivity contribution in [2.75, 3.05) is 13.1 Å². The number of para-hydroxylation sites is 1. The van der Waals surface area contributed by atoms with E-state index in [-0.39, 0.29) is 5.56 Å². The summed E-state index contributed by atoms with van der Waals surface area (Å²) in [6.07, 6.45) is 2.03. The monoisotopic (exact) mass is 309 g/mol. The van der Waals surface area contributed by atoms with Gasteiger partial charge in [-0.3, -0.25) is 9.48 Å². The van der Waals surface area contributed by atoms with Crippen LogP contribution < -0.4 is 10.9 Å². The van der Waals surface area contributed by atoms with Crippen LogP contribution in [0.3, 0.4) is 0 Å². The number of aryl methyl sites for hydroxylation is 1. The van der Waals surface area contributed by atoms with Crippen molar-refractivity contribution >= 4 is 10.9 Å². The quantitative estimate of drug-likeness (QED) is 0.757. The van der Waals surface area contributed by atoms with E-state index in [9.17, 15) is 4.79 Å². The molecule has 0 spiro atoms. The third kappa shape index (κ3) is 2.55. The third-order valence-electron chi connectivity index (χ3n) is 4.50. The first kappa shape index (κ1) is 14.1. The van der Waals surface area contributed by atoms with Gasteiger partial charge in [0.25, 0.3) is 5.56 Å². The standard InChI is InChI=1S/C17H19N5O/c1-22-14-5-3-2-4-12(14)16(21-22)17-19-13(10-15(23)20-17)11-6-8-18-9-7-11/h2-5,10-11,18H,6-9H2,1H3,(H,19,20,23). The molecule has 0 unspecified atom stereocenters. The smallest absolute Gasteiger partial charge is 0.251 e. The molecule has 6 nitrogen and oxygen atoms in total. The molecule has 0 bridgehead atoms. The van der Waals surface area contributed by atoms with Crippen molar-refractivity contribution in [3.63, 3.8) is 0 Å². The number of H-pyrrole nitrogens is 1. The van der Waals surface area contributed by atoms with Crippen molar-refractivity contribution in [2.24, 2.45) is 7.05 Å². The van der Waals surface area contributed by atoms with E-state index in [4.69, 9.17) is 4.98 Å². The average Bonchev–Trinajstić information content (AvgIpc) is 2.93. The number of benzene rings is 1. The lowest BCUT2D eigenvalue weighted by molar-refractivity contribution is 0.452. The van der Waals surface area contributed by atoms with Crippen molar-refractivity contribution in [3.05, 3.63) is 46.4 Å². The number of nitrogens with one attached hydrogen (secondary N) is 2. The number of piperidine rings is 1. The van der Waals surface area contributed by atoms with Gasteiger partial charge in [0.15, 0.2) is 5.82 Å². The van der Waals surface area contributed by atoms with Crippen LogP contribution in [0.1, 0.15) is 24.5 Å². The maximum Gasteiger partial charge on any atom is 0.251 e. The fourth-order valence-electron chi connectivity index (χ4n) is 3.30. The van der Waals surface area contributed by atoms with Crippen molar-refractivity contribution < 1.29 is 0 Å². The summed E-state index contributed by atoms with van der Waals surface area (Å²) in [5.74, 6) is 0.898. The Morgan fingerprint density at radius 2 is 2.00 bits per heavy atom. The lowest BCUT2D eigenvalue weighted by Gasteiger charge is -2.22. The zero-order chi connectivity index (χ0) is 15.8. The van der Waals surface area contributed by atoms with E-state index in [0.717, 1.165) is 48.2 Å². The number of hydrogen-bond donors (Lipinski definition) is 2. The Morgan fingerprint density at radius 3 is 2.83 bits per heavy atom. The summed E-state index contributed by atoms with van der Waals surface area (Å²) in [4.78, 5) is 19.7. The van der Waals surface area contributed by atoms with Gasteiger partial charge in [-0.1, -0.05) is 18.2 Å². The second-order valence-corrected chi connectivity index (χ2v) is 6.03. The Morgan fingerprint density at radius 1 is 1.22 bits per heavy atom. The van der Waals surface area contributed by atoms with Gasteiger partial charge in [0, 0.05) is 24.4 Å². The summed E-state index contributed by atoms with van der Waals surface area (Å²) in [7, 11) is 1.90. The second kappa shape index (κ2) is 5.62. The molecule has 3 aromatic rings. The summed E-state index contributed by atoms with van der Waals surface area (Å²) in [5, 5.41) is 8.90. The fourth-order valence-corrected chi connectivity index (χ4v) is 3.30. The first-order chi connectivity index (χ1) is 11.2. The molecule has 0 saturated carbocycles. The number of aromatic nitrogens is 4. The van der Waals surface area contributed by atoms with Gasteiger partial charge < -0.3 is 10.3 Å². The molecule has 0 aliphatic carbocycles. The zero-order valence-corrected chi connectivity index (χ0v) is 13.0. The Labute approximate surface area is 133 Å². The van der Waals surface area contributed by atoms with Crippen LogP contribution in [0, 0.1) is 0 Å². The summed E-state index contributed by atoms with van der Waals surface area (Å²) in [6, 6.07) is 9.61. The molecule has 1 aromatic carbocycles. The molecule has 6 heteroatoms. The SMILES string of the molecule is Cn1nc(-c2nc(C3CCNCC3)cc(=O)[nH]2)c2ccccc21. The number of hydrogen-bond acceptors (Lipinski definition) is 4. The second-order valence-electron chi connectivity index (χ2n) is 6.03. The fraction of sp³-hybridized carbons (Fsp3) is 0.353. The number of nitrogens with zero attached hydrogens (tertiary/aromatic N) is 3. The van der Waals surface area contributed by atoms with Crippen LogP contribution in [-0.2, 0) is 7.05 Å². The van der Waals surface area contributed by atoms with Crippen molar-refractivity contribution in [3.8, 4) is 11.5 Å². The highest BCUT2D eigenvalue weighted by molar-refractivity contribution is 5.91. The van der Waals surface area contributed by atoms with Gasteiger partial charge in [-0.05, 0) is 32.0 Å². The normalized spacial score (nSPS) is 16.0. The molecule has 3 heterocycles. The van der Waals surface area contributed by atoms with Crippen LogP contribution in [-0.4, -0.2) is 32.8 Å². The summed E-state index contributed by atoms with van der Waals surface area (Å²) < 4.78 is 1.82. The van der Waals surface area contributed by atoms with Gasteiger partial charge in [-0.25, -0.2) is 4.98 Å². The molecule has 1 aliphatic rings. The van der Waals surface area contributed by atoms with E-state index in [1.54, 1.807) is 6.07 Å². The maximum absolute atomic E-state index is 12.1. The molecule has 1 saturated heterocycles. The van der Waals surface area contributed by atoms with Crippen molar-refractivity contribution in [1.29, 1.82) is 0 Å². The van der Waals surface area contributed by atoms with E-state index in [1.807, 2.05) is 36.0 Å². The lowest BCUT2D eigenvalue weighted by Crippen LogP contribution is -2.28. The number of rotatable bonds is 2. The Bertz CT molecular complexity index is 905. The van der Waals surface area contributed by atoms with Gasteiger partial charge in [0.05, 0.1) is 11.2 Å². The zero-order valence-electron chi connectivity index (χ0n) is 13.0. The van der Waals surface area contributed by atoms with E-state index < -0.39 is 0 Å². The third-order valence-corrected chi connectivity index (χ3v) is 4.50. The van der Waals surface area contributed by atoms with Crippen LogP contribution in [0.25, 0.3) is 22.4 Å². The average molecular weight is 309 g/mol. The van der Waals surface area contributed by atoms with E-state index in [1.165, 1.54) is 0 Å². The summed E-state index contributed by atoms with van der Waals surface area (Å²) >= 11 is 0. The van der Waals surface area contributed by atoms with Crippen LogP contribution in [0.2, 0.25) is 0 Å². The molecular weight excluding hydrogens is 290 g/mol. The molecule has 4 rings (SSSR count). The van der Waals surface area contributed by atoms with Gasteiger partial charge in [0.1, 0.15) is 5.69 Å². The largest absolute Gasteiger partial charge is 0.317 e. The molecule has 2 N–H and O–H groups in total. The van der Waals surface area contributed by atoms with Crippen molar-refractivity contribution in [1.82, 2.24) is 25.1 Å². The minimum atomic E-state index is -0.113. The molecule has 0 amide bonds. The Balaban J connectivity index is 1.84. The molecule has 1 aliphatic heterocycles. The molecule has 0 atom stereocenters. The van der Waals surface area contributed by atoms with Crippen LogP contribution in [0.5, 0.6) is 0 Å². The van der Waals surface area contributed by atoms with E-state index in [0.29, 0.717) is 11.7 Å². The van der Waals surface area contributed by atoms with Crippen LogP contribution in [0.15, 0.2) is 35.1 Å². The molecule has 0 radical (unpaired) electrons. The highest BCUT2D eigenvalue weighted by Gasteiger charge is 2.19. The Kier molecular flexibility index (Phi) is 3.46. The minimum Gasteiger partial charge on any atom is -0.317 e. The first-order valence-electron chi connectivity index (χ1n) is 7.96. The minimum absolute atomic E-state index is 0.113. The van der Waals surface area contributed by atoms with E-state index in [2.05, 4.69) is 15.4 Å². The summed E-state index contributed by atoms with van der Waals surface area (Å²) in [5.41, 5.74) is 2.52. The predicted octanol–water partition coefficient (Wildman–Crippen LogP) is 1.79. The predicted molar refractivity (Wildman–Crippen MR) is 89.4 cm³/mol. The first-order valence-corrected chi connectivity index (χ1v) is 7.96. The highest BCUT2D eigenvalue weighted by atomic mass is 16.1. The summed E-state index contributed by atoms with van der Waals surface area (Å²) in [6.45, 7) is 1.95.